The van der Waals surface area contributed by atoms with E-state index in [1.54, 1.807) is 12.1 Å². The predicted molar refractivity (Wildman–Crippen MR) is 122 cm³/mol. The number of hydrogen-bond acceptors (Lipinski definition) is 3. The van der Waals surface area contributed by atoms with Gasteiger partial charge in [0.15, 0.2) is 0 Å². The number of primary amides is 1. The van der Waals surface area contributed by atoms with Crippen molar-refractivity contribution in [1.82, 2.24) is 0 Å². The SMILES string of the molecule is C=C1CN(C)c2ccc(/C=C(\CCC)c3ccc(C(C)(F)F)cc3)cc2N1.NC=O. The minimum absolute atomic E-state index is 0.0432. The second-order valence-electron chi connectivity index (χ2n) is 7.38. The standard InChI is InChI=1S/C23H26F2N2.CH3NO/c1-5-6-19(18-8-10-20(11-9-18)23(3,24)25)13-17-7-12-22-21(14-17)26-16(2)15-27(22)4;2-1-3/h7-14,26H,2,5-6,15H2,1,3-4H3;1H,(H2,2,3)/b19-13+;. The van der Waals surface area contributed by atoms with Gasteiger partial charge in [-0.15, -0.1) is 0 Å². The lowest BCUT2D eigenvalue weighted by molar-refractivity contribution is -0.106. The van der Waals surface area contributed by atoms with E-state index in [0.29, 0.717) is 0 Å². The zero-order valence-electron chi connectivity index (χ0n) is 17.7. The van der Waals surface area contributed by atoms with Crippen LogP contribution in [0, 0.1) is 0 Å². The Morgan fingerprint density at radius 1 is 1.27 bits per heavy atom. The average molecular weight is 414 g/mol. The third kappa shape index (κ3) is 5.92. The highest BCUT2D eigenvalue weighted by Crippen LogP contribution is 2.34. The molecule has 0 unspecified atom stereocenters. The van der Waals surface area contributed by atoms with Crippen molar-refractivity contribution >= 4 is 29.4 Å². The molecule has 4 nitrogen and oxygen atoms in total. The highest BCUT2D eigenvalue weighted by Gasteiger charge is 2.23. The summed E-state index contributed by atoms with van der Waals surface area (Å²) in [4.78, 5) is 10.7. The lowest BCUT2D eigenvalue weighted by atomic mass is 9.96. The molecule has 0 atom stereocenters. The van der Waals surface area contributed by atoms with Crippen molar-refractivity contribution in [3.63, 3.8) is 0 Å². The van der Waals surface area contributed by atoms with Crippen LogP contribution in [0.25, 0.3) is 11.6 Å². The Balaban J connectivity index is 0.00000101. The highest BCUT2D eigenvalue weighted by molar-refractivity contribution is 5.85. The van der Waals surface area contributed by atoms with Crippen molar-refractivity contribution < 1.29 is 13.6 Å². The van der Waals surface area contributed by atoms with Gasteiger partial charge in [-0.1, -0.05) is 56.3 Å². The van der Waals surface area contributed by atoms with Crippen molar-refractivity contribution in [2.24, 2.45) is 5.73 Å². The van der Waals surface area contributed by atoms with E-state index in [4.69, 9.17) is 4.79 Å². The number of alkyl halides is 2. The van der Waals surface area contributed by atoms with Gasteiger partial charge in [0, 0.05) is 25.2 Å². The van der Waals surface area contributed by atoms with Gasteiger partial charge in [0.05, 0.1) is 17.9 Å². The summed E-state index contributed by atoms with van der Waals surface area (Å²) < 4.78 is 26.9. The second-order valence-corrected chi connectivity index (χ2v) is 7.38. The Bertz CT molecular complexity index is 915. The van der Waals surface area contributed by atoms with Crippen molar-refractivity contribution in [3.8, 4) is 0 Å². The summed E-state index contributed by atoms with van der Waals surface area (Å²) in [7, 11) is 2.05. The summed E-state index contributed by atoms with van der Waals surface area (Å²) in [6, 6.07) is 12.9. The zero-order chi connectivity index (χ0) is 22.3. The molecule has 30 heavy (non-hydrogen) atoms. The number of benzene rings is 2. The quantitative estimate of drug-likeness (QED) is 0.494. The number of carbonyl (C=O) groups is 1. The van der Waals surface area contributed by atoms with E-state index in [1.165, 1.54) is 12.1 Å². The number of rotatable bonds is 5. The molecule has 1 aliphatic heterocycles. The summed E-state index contributed by atoms with van der Waals surface area (Å²) in [5.41, 5.74) is 10.6. The number of hydrogen-bond donors (Lipinski definition) is 2. The van der Waals surface area contributed by atoms with Crippen LogP contribution >= 0.6 is 0 Å². The molecule has 6 heteroatoms. The molecule has 0 aliphatic carbocycles. The molecule has 0 saturated carbocycles. The van der Waals surface area contributed by atoms with Gasteiger partial charge in [-0.25, -0.2) is 8.78 Å². The van der Waals surface area contributed by atoms with E-state index >= 15 is 0 Å². The number of nitrogens with zero attached hydrogens (tertiary/aromatic N) is 1. The molecule has 0 radical (unpaired) electrons. The fourth-order valence-electron chi connectivity index (χ4n) is 3.43. The van der Waals surface area contributed by atoms with Gasteiger partial charge in [0.2, 0.25) is 6.41 Å². The average Bonchev–Trinajstić information content (AvgIpc) is 2.67. The number of allylic oxidation sites excluding steroid dienone is 1. The molecule has 1 aliphatic rings. The van der Waals surface area contributed by atoms with Crippen LogP contribution in [0.2, 0.25) is 0 Å². The summed E-state index contributed by atoms with van der Waals surface area (Å²) in [6.07, 6.45) is 4.27. The molecule has 0 bridgehead atoms. The van der Waals surface area contributed by atoms with Crippen molar-refractivity contribution in [1.29, 1.82) is 0 Å². The summed E-state index contributed by atoms with van der Waals surface area (Å²) in [6.45, 7) is 7.87. The lowest BCUT2D eigenvalue weighted by Crippen LogP contribution is -2.28. The number of nitrogens with two attached hydrogens (primary N) is 1. The Labute approximate surface area is 177 Å². The number of nitrogens with one attached hydrogen (secondary N) is 1. The van der Waals surface area contributed by atoms with E-state index < -0.39 is 5.92 Å². The van der Waals surface area contributed by atoms with Gasteiger partial charge in [-0.2, -0.15) is 0 Å². The predicted octanol–water partition coefficient (Wildman–Crippen LogP) is 5.62. The van der Waals surface area contributed by atoms with Crippen LogP contribution in [-0.4, -0.2) is 20.0 Å². The van der Waals surface area contributed by atoms with Crippen molar-refractivity contribution in [2.45, 2.75) is 32.6 Å². The minimum Gasteiger partial charge on any atom is -0.372 e. The monoisotopic (exact) mass is 413 g/mol. The summed E-state index contributed by atoms with van der Waals surface area (Å²) >= 11 is 0. The van der Waals surface area contributed by atoms with E-state index in [1.807, 2.05) is 7.05 Å². The molecule has 1 amide bonds. The number of anilines is 2. The first kappa shape index (κ1) is 23.1. The van der Waals surface area contributed by atoms with Crippen LogP contribution in [0.4, 0.5) is 20.2 Å². The molecule has 0 fully saturated rings. The number of likely N-dealkylation sites (N-methyl/N-ethyl adjacent to an activating group) is 1. The first-order valence-corrected chi connectivity index (χ1v) is 9.84. The van der Waals surface area contributed by atoms with Gasteiger partial charge in [-0.05, 0) is 35.3 Å². The third-order valence-corrected chi connectivity index (χ3v) is 4.79. The number of fused-ring (bicyclic) bond motifs is 1. The molecule has 3 N–H and O–H groups in total. The fourth-order valence-corrected chi connectivity index (χ4v) is 3.43. The maximum absolute atomic E-state index is 13.5. The lowest BCUT2D eigenvalue weighted by Gasteiger charge is -2.30. The van der Waals surface area contributed by atoms with Gasteiger partial charge >= 0.3 is 0 Å². The topological polar surface area (TPSA) is 58.4 Å². The van der Waals surface area contributed by atoms with E-state index in [-0.39, 0.29) is 12.0 Å². The van der Waals surface area contributed by atoms with Crippen molar-refractivity contribution in [2.75, 3.05) is 23.8 Å². The molecular weight excluding hydrogens is 384 g/mol. The van der Waals surface area contributed by atoms with Crippen molar-refractivity contribution in [3.05, 3.63) is 71.4 Å². The smallest absolute Gasteiger partial charge is 0.270 e. The molecule has 160 valence electrons. The molecule has 0 spiro atoms. The largest absolute Gasteiger partial charge is 0.372 e. The molecule has 2 aromatic carbocycles. The Morgan fingerprint density at radius 2 is 1.90 bits per heavy atom. The van der Waals surface area contributed by atoms with Crippen LogP contribution in [0.5, 0.6) is 0 Å². The maximum Gasteiger partial charge on any atom is 0.270 e. The Hall–Kier alpha value is -3.15. The van der Waals surface area contributed by atoms with Crippen LogP contribution < -0.4 is 16.0 Å². The normalized spacial score (nSPS) is 13.7. The van der Waals surface area contributed by atoms with E-state index in [0.717, 1.165) is 60.1 Å². The number of carbonyl (C=O) groups excluding carboxylic acids is 1. The minimum atomic E-state index is -2.81. The highest BCUT2D eigenvalue weighted by atomic mass is 19.3. The molecule has 2 aromatic rings. The van der Waals surface area contributed by atoms with E-state index in [9.17, 15) is 8.78 Å². The summed E-state index contributed by atoms with van der Waals surface area (Å²) in [5, 5.41) is 3.35. The van der Waals surface area contributed by atoms with Crippen LogP contribution in [-0.2, 0) is 10.7 Å². The van der Waals surface area contributed by atoms with Crippen LogP contribution in [0.1, 0.15) is 43.4 Å². The number of amides is 1. The van der Waals surface area contributed by atoms with Gasteiger partial charge in [-0.3, -0.25) is 4.79 Å². The van der Waals surface area contributed by atoms with Gasteiger partial charge < -0.3 is 16.0 Å². The van der Waals surface area contributed by atoms with Gasteiger partial charge in [0.25, 0.3) is 5.92 Å². The van der Waals surface area contributed by atoms with E-state index in [2.05, 4.69) is 53.7 Å². The molecule has 0 saturated heterocycles. The Kier molecular flexibility index (Phi) is 7.75. The first-order chi connectivity index (χ1) is 14.2. The van der Waals surface area contributed by atoms with Crippen LogP contribution in [0.3, 0.4) is 0 Å². The number of halogens is 2. The second kappa shape index (κ2) is 10.1. The first-order valence-electron chi connectivity index (χ1n) is 9.84. The Morgan fingerprint density at radius 3 is 2.47 bits per heavy atom. The molecular formula is C24H29F2N3O. The summed E-state index contributed by atoms with van der Waals surface area (Å²) in [5.74, 6) is -2.81. The zero-order valence-corrected chi connectivity index (χ0v) is 17.7. The third-order valence-electron chi connectivity index (χ3n) is 4.79. The van der Waals surface area contributed by atoms with Crippen LogP contribution in [0.15, 0.2) is 54.7 Å². The molecule has 3 rings (SSSR count). The molecule has 1 heterocycles. The molecule has 0 aromatic heterocycles. The van der Waals surface area contributed by atoms with Gasteiger partial charge in [0.1, 0.15) is 0 Å². The maximum atomic E-state index is 13.5. The fraction of sp³-hybridized carbons (Fsp3) is 0.292.